The van der Waals surface area contributed by atoms with Crippen molar-refractivity contribution < 1.29 is 13.9 Å². The topological polar surface area (TPSA) is 42.7 Å². The fourth-order valence-electron chi connectivity index (χ4n) is 1.51. The number of aryl methyl sites for hydroxylation is 1. The van der Waals surface area contributed by atoms with Gasteiger partial charge in [0.05, 0.1) is 12.9 Å². The molecule has 0 bridgehead atoms. The summed E-state index contributed by atoms with van der Waals surface area (Å²) in [6, 6.07) is 3.72. The monoisotopic (exact) mass is 303 g/mol. The third kappa shape index (κ3) is 5.37. The van der Waals surface area contributed by atoms with E-state index in [-0.39, 0.29) is 5.91 Å². The number of nitrogens with zero attached hydrogens (tertiary/aromatic N) is 1. The molecule has 0 aliphatic rings. The Morgan fingerprint density at radius 3 is 2.94 bits per heavy atom. The molecule has 1 heterocycles. The minimum absolute atomic E-state index is 0.137. The van der Waals surface area contributed by atoms with Crippen LogP contribution in [-0.2, 0) is 16.0 Å². The van der Waals surface area contributed by atoms with Gasteiger partial charge in [-0.15, -0.1) is 0 Å². The summed E-state index contributed by atoms with van der Waals surface area (Å²) in [6.07, 6.45) is 2.75. The van der Waals surface area contributed by atoms with Crippen LogP contribution in [0.2, 0.25) is 0 Å². The molecule has 0 aromatic carbocycles. The molecule has 0 saturated carbocycles. The highest BCUT2D eigenvalue weighted by atomic mass is 79.9. The van der Waals surface area contributed by atoms with Crippen LogP contribution in [0.5, 0.6) is 0 Å². The zero-order valence-electron chi connectivity index (χ0n) is 10.0. The number of ether oxygens (including phenoxy) is 1. The Hall–Kier alpha value is -0.810. The first-order valence-corrected chi connectivity index (χ1v) is 6.75. The highest BCUT2D eigenvalue weighted by Gasteiger charge is 2.12. The maximum Gasteiger partial charge on any atom is 0.223 e. The summed E-state index contributed by atoms with van der Waals surface area (Å²) in [5.74, 6) is 0.988. The second-order valence-corrected chi connectivity index (χ2v) is 4.43. The average molecular weight is 304 g/mol. The average Bonchev–Trinajstić information content (AvgIpc) is 2.84. The van der Waals surface area contributed by atoms with Gasteiger partial charge in [0.2, 0.25) is 5.91 Å². The zero-order valence-corrected chi connectivity index (χ0v) is 11.6. The number of hydrogen-bond donors (Lipinski definition) is 0. The van der Waals surface area contributed by atoms with Gasteiger partial charge in [-0.2, -0.15) is 0 Å². The van der Waals surface area contributed by atoms with Gasteiger partial charge in [-0.05, 0) is 12.1 Å². The van der Waals surface area contributed by atoms with Crippen LogP contribution in [-0.4, -0.2) is 42.9 Å². The molecule has 1 aromatic rings. The van der Waals surface area contributed by atoms with Crippen molar-refractivity contribution in [3.63, 3.8) is 0 Å². The van der Waals surface area contributed by atoms with Crippen molar-refractivity contribution in [3.05, 3.63) is 24.2 Å². The largest absolute Gasteiger partial charge is 0.469 e. The molecule has 0 aliphatic heterocycles. The van der Waals surface area contributed by atoms with E-state index in [1.807, 2.05) is 12.1 Å². The van der Waals surface area contributed by atoms with Crippen LogP contribution in [0.25, 0.3) is 0 Å². The highest BCUT2D eigenvalue weighted by molar-refractivity contribution is 9.09. The Morgan fingerprint density at radius 1 is 1.53 bits per heavy atom. The van der Waals surface area contributed by atoms with Gasteiger partial charge in [-0.1, -0.05) is 15.9 Å². The maximum absolute atomic E-state index is 11.9. The summed E-state index contributed by atoms with van der Waals surface area (Å²) >= 11 is 3.35. The van der Waals surface area contributed by atoms with Gasteiger partial charge >= 0.3 is 0 Å². The van der Waals surface area contributed by atoms with Crippen molar-refractivity contribution in [1.29, 1.82) is 0 Å². The van der Waals surface area contributed by atoms with Crippen molar-refractivity contribution in [2.24, 2.45) is 0 Å². The lowest BCUT2D eigenvalue weighted by atomic mass is 10.2. The molecule has 1 amide bonds. The zero-order chi connectivity index (χ0) is 12.5. The standard InChI is InChI=1S/C12H18BrNO3/c1-16-10-8-14(7-6-13)12(15)5-4-11-3-2-9-17-11/h2-3,9H,4-8,10H2,1H3. The van der Waals surface area contributed by atoms with E-state index in [1.165, 1.54) is 0 Å². The van der Waals surface area contributed by atoms with Crippen LogP contribution >= 0.6 is 15.9 Å². The van der Waals surface area contributed by atoms with E-state index >= 15 is 0 Å². The van der Waals surface area contributed by atoms with Crippen molar-refractivity contribution in [2.75, 3.05) is 32.1 Å². The summed E-state index contributed by atoms with van der Waals surface area (Å²) in [5, 5.41) is 0.781. The lowest BCUT2D eigenvalue weighted by Crippen LogP contribution is -2.35. The minimum Gasteiger partial charge on any atom is -0.469 e. The van der Waals surface area contributed by atoms with Crippen LogP contribution in [0, 0.1) is 0 Å². The number of methoxy groups -OCH3 is 1. The molecule has 0 N–H and O–H groups in total. The number of furan rings is 1. The van der Waals surface area contributed by atoms with Crippen molar-refractivity contribution in [3.8, 4) is 0 Å². The van der Waals surface area contributed by atoms with E-state index in [0.717, 1.165) is 11.1 Å². The molecule has 17 heavy (non-hydrogen) atoms. The Labute approximate surface area is 110 Å². The number of halogens is 1. The molecule has 1 rings (SSSR count). The van der Waals surface area contributed by atoms with Crippen LogP contribution in [0.1, 0.15) is 12.2 Å². The quantitative estimate of drug-likeness (QED) is 0.691. The second-order valence-electron chi connectivity index (χ2n) is 3.64. The normalized spacial score (nSPS) is 10.5. The molecule has 0 spiro atoms. The number of hydrogen-bond acceptors (Lipinski definition) is 3. The first kappa shape index (κ1) is 14.3. The van der Waals surface area contributed by atoms with Crippen molar-refractivity contribution >= 4 is 21.8 Å². The molecular weight excluding hydrogens is 286 g/mol. The highest BCUT2D eigenvalue weighted by Crippen LogP contribution is 2.06. The molecule has 0 radical (unpaired) electrons. The second kappa shape index (κ2) is 8.31. The van der Waals surface area contributed by atoms with Crippen LogP contribution in [0.4, 0.5) is 0 Å². The summed E-state index contributed by atoms with van der Waals surface area (Å²) in [5.41, 5.74) is 0. The molecule has 0 saturated heterocycles. The predicted molar refractivity (Wildman–Crippen MR) is 69.3 cm³/mol. The number of carbonyl (C=O) groups is 1. The van der Waals surface area contributed by atoms with E-state index in [9.17, 15) is 4.79 Å². The van der Waals surface area contributed by atoms with E-state index in [2.05, 4.69) is 15.9 Å². The molecule has 0 unspecified atom stereocenters. The number of rotatable bonds is 8. The number of amides is 1. The molecule has 4 nitrogen and oxygen atoms in total. The van der Waals surface area contributed by atoms with Gasteiger partial charge in [0.15, 0.2) is 0 Å². The molecule has 0 atom stereocenters. The Morgan fingerprint density at radius 2 is 2.35 bits per heavy atom. The smallest absolute Gasteiger partial charge is 0.223 e. The van der Waals surface area contributed by atoms with Gasteiger partial charge in [0, 0.05) is 38.4 Å². The SMILES string of the molecule is COCCN(CCBr)C(=O)CCc1ccco1. The fourth-order valence-corrected chi connectivity index (χ4v) is 1.94. The molecule has 0 fully saturated rings. The third-order valence-electron chi connectivity index (χ3n) is 2.44. The van der Waals surface area contributed by atoms with E-state index < -0.39 is 0 Å². The molecule has 5 heteroatoms. The van der Waals surface area contributed by atoms with Gasteiger partial charge in [0.25, 0.3) is 0 Å². The number of carbonyl (C=O) groups excluding carboxylic acids is 1. The summed E-state index contributed by atoms with van der Waals surface area (Å²) in [6.45, 7) is 1.92. The molecule has 1 aromatic heterocycles. The maximum atomic E-state index is 11.9. The predicted octanol–water partition coefficient (Wildman–Crippen LogP) is 2.08. The van der Waals surface area contributed by atoms with Gasteiger partial charge < -0.3 is 14.1 Å². The summed E-state index contributed by atoms with van der Waals surface area (Å²) in [7, 11) is 1.64. The Kier molecular flexibility index (Phi) is 6.96. The first-order chi connectivity index (χ1) is 8.27. The molecular formula is C12H18BrNO3. The lowest BCUT2D eigenvalue weighted by molar-refractivity contribution is -0.131. The fraction of sp³-hybridized carbons (Fsp3) is 0.583. The molecule has 96 valence electrons. The van der Waals surface area contributed by atoms with Gasteiger partial charge in [-0.25, -0.2) is 0 Å². The van der Waals surface area contributed by atoms with Crippen molar-refractivity contribution in [1.82, 2.24) is 4.90 Å². The lowest BCUT2D eigenvalue weighted by Gasteiger charge is -2.21. The Bertz CT molecular complexity index is 314. The van der Waals surface area contributed by atoms with E-state index in [1.54, 1.807) is 18.3 Å². The third-order valence-corrected chi connectivity index (χ3v) is 2.79. The summed E-state index contributed by atoms with van der Waals surface area (Å²) < 4.78 is 10.2. The van der Waals surface area contributed by atoms with Crippen LogP contribution < -0.4 is 0 Å². The summed E-state index contributed by atoms with van der Waals surface area (Å²) in [4.78, 5) is 13.7. The van der Waals surface area contributed by atoms with Gasteiger partial charge in [0.1, 0.15) is 5.76 Å². The van der Waals surface area contributed by atoms with Crippen LogP contribution in [0.3, 0.4) is 0 Å². The van der Waals surface area contributed by atoms with Gasteiger partial charge in [-0.3, -0.25) is 4.79 Å². The minimum atomic E-state index is 0.137. The van der Waals surface area contributed by atoms with Crippen LogP contribution in [0.15, 0.2) is 22.8 Å². The first-order valence-electron chi connectivity index (χ1n) is 5.63. The Balaban J connectivity index is 2.35. The van der Waals surface area contributed by atoms with Crippen molar-refractivity contribution in [2.45, 2.75) is 12.8 Å². The van der Waals surface area contributed by atoms with E-state index in [4.69, 9.17) is 9.15 Å². The molecule has 0 aliphatic carbocycles. The number of alkyl halides is 1. The van der Waals surface area contributed by atoms with E-state index in [0.29, 0.717) is 32.5 Å².